The fourth-order valence-electron chi connectivity index (χ4n) is 3.51. The standard InChI is InChI=1S/C19H25N5O2/c1-23-10-8-21-17(23)11-14-5-4-9-24(12-14)13-18(25)22-16-7-3-2-6-15(16)19(20)26/h2-3,6-8,10,14H,4-5,9,11-13H2,1H3,(H2,20,26)(H,22,25)/t14-/m0/s1. The van der Waals surface area contributed by atoms with Gasteiger partial charge in [-0.2, -0.15) is 0 Å². The monoisotopic (exact) mass is 355 g/mol. The molecule has 0 unspecified atom stereocenters. The summed E-state index contributed by atoms with van der Waals surface area (Å²) in [5, 5.41) is 2.81. The van der Waals surface area contributed by atoms with Crippen molar-refractivity contribution in [3.63, 3.8) is 0 Å². The summed E-state index contributed by atoms with van der Waals surface area (Å²) in [4.78, 5) is 30.4. The number of carbonyl (C=O) groups is 2. The number of hydrogen-bond donors (Lipinski definition) is 2. The lowest BCUT2D eigenvalue weighted by atomic mass is 9.94. The minimum absolute atomic E-state index is 0.128. The summed E-state index contributed by atoms with van der Waals surface area (Å²) in [5.41, 5.74) is 6.15. The smallest absolute Gasteiger partial charge is 0.250 e. The van der Waals surface area contributed by atoms with E-state index in [1.54, 1.807) is 24.3 Å². The maximum atomic E-state index is 12.4. The normalized spacial score (nSPS) is 17.8. The van der Waals surface area contributed by atoms with Gasteiger partial charge < -0.3 is 15.6 Å². The number of aromatic nitrogens is 2. The largest absolute Gasteiger partial charge is 0.366 e. The van der Waals surface area contributed by atoms with Crippen molar-refractivity contribution < 1.29 is 9.59 Å². The van der Waals surface area contributed by atoms with Gasteiger partial charge in [-0.15, -0.1) is 0 Å². The van der Waals surface area contributed by atoms with Gasteiger partial charge in [0.05, 0.1) is 17.8 Å². The van der Waals surface area contributed by atoms with Gasteiger partial charge in [-0.05, 0) is 37.4 Å². The van der Waals surface area contributed by atoms with Crippen LogP contribution in [-0.4, -0.2) is 45.9 Å². The number of rotatable bonds is 6. The number of nitrogens with two attached hydrogens (primary N) is 1. The van der Waals surface area contributed by atoms with E-state index in [0.29, 0.717) is 23.7 Å². The zero-order valence-corrected chi connectivity index (χ0v) is 15.0. The van der Waals surface area contributed by atoms with Crippen molar-refractivity contribution in [3.05, 3.63) is 48.0 Å². The maximum Gasteiger partial charge on any atom is 0.250 e. The first-order valence-electron chi connectivity index (χ1n) is 8.90. The molecule has 1 atom stereocenters. The SMILES string of the molecule is Cn1ccnc1C[C@@H]1CCCN(CC(=O)Nc2ccccc2C(N)=O)C1. The highest BCUT2D eigenvalue weighted by Gasteiger charge is 2.23. The molecule has 1 aliphatic heterocycles. The van der Waals surface area contributed by atoms with Gasteiger partial charge in [0.15, 0.2) is 0 Å². The van der Waals surface area contributed by atoms with E-state index in [1.807, 2.05) is 24.0 Å². The molecular formula is C19H25N5O2. The van der Waals surface area contributed by atoms with Crippen LogP contribution in [0.3, 0.4) is 0 Å². The number of carbonyl (C=O) groups excluding carboxylic acids is 2. The Morgan fingerprint density at radius 1 is 1.35 bits per heavy atom. The summed E-state index contributed by atoms with van der Waals surface area (Å²) < 4.78 is 2.05. The molecule has 2 amide bonds. The minimum atomic E-state index is -0.547. The quantitative estimate of drug-likeness (QED) is 0.819. The van der Waals surface area contributed by atoms with Crippen LogP contribution in [0, 0.1) is 5.92 Å². The van der Waals surface area contributed by atoms with Gasteiger partial charge in [0.2, 0.25) is 5.91 Å². The van der Waals surface area contributed by atoms with Crippen LogP contribution in [0.1, 0.15) is 29.0 Å². The van der Waals surface area contributed by atoms with Gasteiger partial charge in [-0.3, -0.25) is 14.5 Å². The zero-order chi connectivity index (χ0) is 18.5. The number of nitrogens with zero attached hydrogens (tertiary/aromatic N) is 3. The number of hydrogen-bond acceptors (Lipinski definition) is 4. The van der Waals surface area contributed by atoms with Crippen LogP contribution in [-0.2, 0) is 18.3 Å². The molecule has 0 saturated carbocycles. The Balaban J connectivity index is 1.56. The number of aryl methyl sites for hydroxylation is 1. The van der Waals surface area contributed by atoms with Crippen LogP contribution in [0.15, 0.2) is 36.7 Å². The number of anilines is 1. The molecule has 0 radical (unpaired) electrons. The summed E-state index contributed by atoms with van der Waals surface area (Å²) >= 11 is 0. The predicted molar refractivity (Wildman–Crippen MR) is 99.7 cm³/mol. The Morgan fingerprint density at radius 2 is 2.15 bits per heavy atom. The summed E-state index contributed by atoms with van der Waals surface area (Å²) in [6.07, 6.45) is 6.92. The first kappa shape index (κ1) is 18.1. The molecule has 2 heterocycles. The third kappa shape index (κ3) is 4.49. The number of para-hydroxylation sites is 1. The Labute approximate surface area is 153 Å². The number of piperidine rings is 1. The predicted octanol–water partition coefficient (Wildman–Crippen LogP) is 1.41. The molecule has 0 spiro atoms. The van der Waals surface area contributed by atoms with Crippen LogP contribution in [0.4, 0.5) is 5.69 Å². The molecule has 1 aromatic heterocycles. The number of amides is 2. The van der Waals surface area contributed by atoms with Gasteiger partial charge in [-0.1, -0.05) is 12.1 Å². The Kier molecular flexibility index (Phi) is 5.68. The lowest BCUT2D eigenvalue weighted by molar-refractivity contribution is -0.117. The van der Waals surface area contributed by atoms with Gasteiger partial charge in [0.1, 0.15) is 5.82 Å². The van der Waals surface area contributed by atoms with Gasteiger partial charge in [0.25, 0.3) is 5.91 Å². The topological polar surface area (TPSA) is 93.2 Å². The first-order valence-corrected chi connectivity index (χ1v) is 8.90. The van der Waals surface area contributed by atoms with Crippen molar-refractivity contribution in [1.82, 2.24) is 14.5 Å². The van der Waals surface area contributed by atoms with Crippen LogP contribution < -0.4 is 11.1 Å². The van der Waals surface area contributed by atoms with Crippen LogP contribution in [0.25, 0.3) is 0 Å². The van der Waals surface area contributed by atoms with E-state index in [0.717, 1.165) is 38.2 Å². The molecule has 2 aromatic rings. The molecule has 138 valence electrons. The average Bonchev–Trinajstić information content (AvgIpc) is 3.00. The van der Waals surface area contributed by atoms with Crippen LogP contribution in [0.5, 0.6) is 0 Å². The third-order valence-electron chi connectivity index (χ3n) is 4.83. The minimum Gasteiger partial charge on any atom is -0.366 e. The lowest BCUT2D eigenvalue weighted by Gasteiger charge is -2.32. The van der Waals surface area contributed by atoms with E-state index in [9.17, 15) is 9.59 Å². The van der Waals surface area contributed by atoms with Crippen molar-refractivity contribution in [1.29, 1.82) is 0 Å². The van der Waals surface area contributed by atoms with E-state index in [-0.39, 0.29) is 5.91 Å². The molecule has 3 N–H and O–H groups in total. The maximum absolute atomic E-state index is 12.4. The molecule has 7 heteroatoms. The second-order valence-corrected chi connectivity index (χ2v) is 6.86. The van der Waals surface area contributed by atoms with Crippen LogP contribution in [0.2, 0.25) is 0 Å². The molecule has 1 fully saturated rings. The number of imidazole rings is 1. The number of primary amides is 1. The molecule has 0 aliphatic carbocycles. The molecular weight excluding hydrogens is 330 g/mol. The lowest BCUT2D eigenvalue weighted by Crippen LogP contribution is -2.41. The highest BCUT2D eigenvalue weighted by atomic mass is 16.2. The van der Waals surface area contributed by atoms with Crippen LogP contribution >= 0.6 is 0 Å². The van der Waals surface area contributed by atoms with Crippen molar-refractivity contribution in [3.8, 4) is 0 Å². The van der Waals surface area contributed by atoms with Gasteiger partial charge in [0, 0.05) is 32.4 Å². The van der Waals surface area contributed by atoms with Crippen molar-refractivity contribution >= 4 is 17.5 Å². The van der Waals surface area contributed by atoms with E-state index in [4.69, 9.17) is 5.73 Å². The van der Waals surface area contributed by atoms with E-state index in [2.05, 4.69) is 15.2 Å². The summed E-state index contributed by atoms with van der Waals surface area (Å²) in [5.74, 6) is 0.901. The zero-order valence-electron chi connectivity index (χ0n) is 15.0. The number of nitrogens with one attached hydrogen (secondary N) is 1. The molecule has 0 bridgehead atoms. The first-order chi connectivity index (χ1) is 12.5. The van der Waals surface area contributed by atoms with E-state index in [1.165, 1.54) is 0 Å². The highest BCUT2D eigenvalue weighted by molar-refractivity contribution is 6.03. The van der Waals surface area contributed by atoms with E-state index < -0.39 is 5.91 Å². The van der Waals surface area contributed by atoms with Gasteiger partial charge in [-0.25, -0.2) is 4.98 Å². The van der Waals surface area contributed by atoms with Gasteiger partial charge >= 0.3 is 0 Å². The summed E-state index contributed by atoms with van der Waals surface area (Å²) in [6, 6.07) is 6.80. The molecule has 1 aromatic carbocycles. The molecule has 1 saturated heterocycles. The fraction of sp³-hybridized carbons (Fsp3) is 0.421. The molecule has 1 aliphatic rings. The second-order valence-electron chi connectivity index (χ2n) is 6.86. The van der Waals surface area contributed by atoms with Crippen molar-refractivity contribution in [2.24, 2.45) is 18.7 Å². The Bertz CT molecular complexity index is 786. The fourth-order valence-corrected chi connectivity index (χ4v) is 3.51. The molecule has 7 nitrogen and oxygen atoms in total. The molecule has 3 rings (SSSR count). The second kappa shape index (κ2) is 8.14. The Hall–Kier alpha value is -2.67. The summed E-state index contributed by atoms with van der Waals surface area (Å²) in [7, 11) is 2.01. The average molecular weight is 355 g/mol. The van der Waals surface area contributed by atoms with Crippen molar-refractivity contribution in [2.75, 3.05) is 25.0 Å². The van der Waals surface area contributed by atoms with E-state index >= 15 is 0 Å². The Morgan fingerprint density at radius 3 is 2.88 bits per heavy atom. The third-order valence-corrected chi connectivity index (χ3v) is 4.83. The van der Waals surface area contributed by atoms with Crippen molar-refractivity contribution in [2.45, 2.75) is 19.3 Å². The number of likely N-dealkylation sites (tertiary alicyclic amines) is 1. The number of benzene rings is 1. The highest BCUT2D eigenvalue weighted by Crippen LogP contribution is 2.20. The summed E-state index contributed by atoms with van der Waals surface area (Å²) in [6.45, 7) is 2.09. The molecule has 26 heavy (non-hydrogen) atoms.